The van der Waals surface area contributed by atoms with Gasteiger partial charge in [0.1, 0.15) is 0 Å². The number of benzene rings is 1. The van der Waals surface area contributed by atoms with E-state index in [-0.39, 0.29) is 5.56 Å². The minimum absolute atomic E-state index is 0.195. The molecule has 0 amide bonds. The van der Waals surface area contributed by atoms with Crippen LogP contribution in [-0.2, 0) is 6.54 Å². The summed E-state index contributed by atoms with van der Waals surface area (Å²) in [6, 6.07) is 12.8. The molecule has 120 valence electrons. The minimum Gasteiger partial charge on any atom is -0.399 e. The Bertz CT molecular complexity index is 1050. The fourth-order valence-corrected chi connectivity index (χ4v) is 3.05. The molecule has 0 fully saturated rings. The Morgan fingerprint density at radius 3 is 2.92 bits per heavy atom. The summed E-state index contributed by atoms with van der Waals surface area (Å²) in [5.41, 5.74) is 7.73. The number of thiophene rings is 1. The van der Waals surface area contributed by atoms with Crippen molar-refractivity contribution >= 4 is 28.5 Å². The van der Waals surface area contributed by atoms with E-state index in [1.165, 1.54) is 10.6 Å². The number of rotatable bonds is 4. The van der Waals surface area contributed by atoms with E-state index < -0.39 is 0 Å². The topological polar surface area (TPSA) is 101 Å². The van der Waals surface area contributed by atoms with Crippen LogP contribution in [0.25, 0.3) is 16.5 Å². The van der Waals surface area contributed by atoms with Crippen molar-refractivity contribution in [1.29, 1.82) is 0 Å². The molecule has 0 radical (unpaired) electrons. The summed E-state index contributed by atoms with van der Waals surface area (Å²) in [4.78, 5) is 22.1. The number of H-pyrrole nitrogens is 1. The molecule has 4 aromatic rings. The van der Waals surface area contributed by atoms with E-state index in [4.69, 9.17) is 5.73 Å². The fourth-order valence-electron chi connectivity index (χ4n) is 2.38. The molecule has 0 saturated carbocycles. The molecule has 0 bridgehead atoms. The van der Waals surface area contributed by atoms with Crippen molar-refractivity contribution in [2.24, 2.45) is 0 Å². The summed E-state index contributed by atoms with van der Waals surface area (Å²) in [5, 5.41) is 8.14. The predicted octanol–water partition coefficient (Wildman–Crippen LogP) is 2.34. The molecule has 0 aliphatic heterocycles. The standard InChI is InChI=1S/C16H14N6OS/c17-10-3-1-4-11(7-10)18-9-12-8-14(23)22-16(19-12)20-15(21-22)13-5-2-6-24-13/h1-8,18H,9,17H2,(H,19,20,21). The second kappa shape index (κ2) is 5.82. The molecule has 0 atom stereocenters. The summed E-state index contributed by atoms with van der Waals surface area (Å²) in [7, 11) is 0. The highest BCUT2D eigenvalue weighted by molar-refractivity contribution is 7.13. The number of aromatic nitrogens is 4. The lowest BCUT2D eigenvalue weighted by Gasteiger charge is -2.06. The van der Waals surface area contributed by atoms with Crippen molar-refractivity contribution in [2.45, 2.75) is 6.54 Å². The first-order valence-electron chi connectivity index (χ1n) is 7.31. The molecule has 4 N–H and O–H groups in total. The van der Waals surface area contributed by atoms with Crippen molar-refractivity contribution in [1.82, 2.24) is 19.6 Å². The summed E-state index contributed by atoms with van der Waals surface area (Å²) in [5.74, 6) is 0.991. The number of aromatic amines is 1. The van der Waals surface area contributed by atoms with Crippen molar-refractivity contribution in [3.8, 4) is 10.7 Å². The second-order valence-electron chi connectivity index (χ2n) is 5.25. The Kier molecular flexibility index (Phi) is 3.51. The maximum Gasteiger partial charge on any atom is 0.274 e. The second-order valence-corrected chi connectivity index (χ2v) is 6.20. The van der Waals surface area contributed by atoms with Crippen LogP contribution >= 0.6 is 11.3 Å². The normalized spacial score (nSPS) is 11.0. The van der Waals surface area contributed by atoms with Gasteiger partial charge in [0.15, 0.2) is 5.82 Å². The van der Waals surface area contributed by atoms with Gasteiger partial charge in [-0.3, -0.25) is 9.89 Å². The first-order chi connectivity index (χ1) is 11.7. The van der Waals surface area contributed by atoms with Gasteiger partial charge in [0.25, 0.3) is 11.3 Å². The first-order valence-corrected chi connectivity index (χ1v) is 8.19. The lowest BCUT2D eigenvalue weighted by Crippen LogP contribution is -2.17. The quantitative estimate of drug-likeness (QED) is 0.496. The zero-order chi connectivity index (χ0) is 16.5. The van der Waals surface area contributed by atoms with E-state index in [0.717, 1.165) is 10.6 Å². The van der Waals surface area contributed by atoms with Crippen LogP contribution in [0.5, 0.6) is 0 Å². The average Bonchev–Trinajstić information content (AvgIpc) is 3.22. The number of nitrogens with one attached hydrogen (secondary N) is 2. The Morgan fingerprint density at radius 1 is 1.21 bits per heavy atom. The lowest BCUT2D eigenvalue weighted by molar-refractivity contribution is 0.879. The van der Waals surface area contributed by atoms with Crippen LogP contribution in [0.15, 0.2) is 52.6 Å². The molecule has 1 aromatic carbocycles. The predicted molar refractivity (Wildman–Crippen MR) is 95.1 cm³/mol. The Morgan fingerprint density at radius 2 is 2.12 bits per heavy atom. The third kappa shape index (κ3) is 2.74. The van der Waals surface area contributed by atoms with Gasteiger partial charge in [-0.05, 0) is 29.6 Å². The largest absolute Gasteiger partial charge is 0.399 e. The maximum absolute atomic E-state index is 12.3. The Labute approximate surface area is 140 Å². The number of nitrogens with two attached hydrogens (primary N) is 1. The molecule has 7 nitrogen and oxygen atoms in total. The molecule has 0 unspecified atom stereocenters. The van der Waals surface area contributed by atoms with E-state index >= 15 is 0 Å². The highest BCUT2D eigenvalue weighted by Gasteiger charge is 2.10. The molecule has 24 heavy (non-hydrogen) atoms. The average molecular weight is 338 g/mol. The molecule has 3 heterocycles. The molecular weight excluding hydrogens is 324 g/mol. The van der Waals surface area contributed by atoms with Crippen LogP contribution in [0.4, 0.5) is 11.4 Å². The van der Waals surface area contributed by atoms with Gasteiger partial charge < -0.3 is 11.1 Å². The number of fused-ring (bicyclic) bond motifs is 1. The van der Waals surface area contributed by atoms with Crippen LogP contribution in [-0.4, -0.2) is 19.6 Å². The third-order valence-electron chi connectivity index (χ3n) is 3.50. The van der Waals surface area contributed by atoms with E-state index in [2.05, 4.69) is 20.4 Å². The molecule has 8 heteroatoms. The summed E-state index contributed by atoms with van der Waals surface area (Å²) in [6.07, 6.45) is 0. The molecule has 0 aliphatic carbocycles. The summed E-state index contributed by atoms with van der Waals surface area (Å²) < 4.78 is 1.35. The number of nitrogen functional groups attached to an aromatic ring is 1. The summed E-state index contributed by atoms with van der Waals surface area (Å²) >= 11 is 1.55. The number of anilines is 2. The number of nitrogens with zero attached hydrogens (tertiary/aromatic N) is 3. The molecule has 0 spiro atoms. The van der Waals surface area contributed by atoms with Crippen LogP contribution in [0.1, 0.15) is 5.69 Å². The van der Waals surface area contributed by atoms with Crippen LogP contribution in [0.3, 0.4) is 0 Å². The lowest BCUT2D eigenvalue weighted by atomic mass is 10.3. The minimum atomic E-state index is -0.195. The van der Waals surface area contributed by atoms with Crippen LogP contribution in [0, 0.1) is 0 Å². The zero-order valence-corrected chi connectivity index (χ0v) is 13.4. The fraction of sp³-hybridized carbons (Fsp3) is 0.0625. The Balaban J connectivity index is 1.63. The van der Waals surface area contributed by atoms with E-state index in [1.54, 1.807) is 11.3 Å². The highest BCUT2D eigenvalue weighted by atomic mass is 32.1. The van der Waals surface area contributed by atoms with Gasteiger partial charge in [-0.25, -0.2) is 4.98 Å². The van der Waals surface area contributed by atoms with Crippen LogP contribution in [0.2, 0.25) is 0 Å². The van der Waals surface area contributed by atoms with Gasteiger partial charge in [0.2, 0.25) is 0 Å². The maximum atomic E-state index is 12.3. The van der Waals surface area contributed by atoms with Gasteiger partial charge in [-0.15, -0.1) is 11.3 Å². The first kappa shape index (κ1) is 14.5. The van der Waals surface area contributed by atoms with Gasteiger partial charge in [-0.1, -0.05) is 12.1 Å². The monoisotopic (exact) mass is 338 g/mol. The third-order valence-corrected chi connectivity index (χ3v) is 4.37. The number of hydrogen-bond donors (Lipinski definition) is 3. The van der Waals surface area contributed by atoms with Gasteiger partial charge >= 0.3 is 0 Å². The molecule has 0 aliphatic rings. The smallest absolute Gasteiger partial charge is 0.274 e. The van der Waals surface area contributed by atoms with Crippen LogP contribution < -0.4 is 16.6 Å². The summed E-state index contributed by atoms with van der Waals surface area (Å²) in [6.45, 7) is 0.413. The highest BCUT2D eigenvalue weighted by Crippen LogP contribution is 2.20. The van der Waals surface area contributed by atoms with Gasteiger partial charge in [0.05, 0.1) is 17.1 Å². The SMILES string of the molecule is Nc1cccc(NCc2cc(=O)n3[nH]c(-c4cccs4)nc3n2)c1. The molecule has 0 saturated heterocycles. The van der Waals surface area contributed by atoms with Crippen molar-refractivity contribution in [3.05, 3.63) is 63.9 Å². The molecule has 4 rings (SSSR count). The number of hydrogen-bond acceptors (Lipinski definition) is 6. The van der Waals surface area contributed by atoms with Crippen molar-refractivity contribution in [3.63, 3.8) is 0 Å². The van der Waals surface area contributed by atoms with E-state index in [0.29, 0.717) is 29.5 Å². The van der Waals surface area contributed by atoms with Crippen molar-refractivity contribution < 1.29 is 0 Å². The molecular formula is C16H14N6OS. The van der Waals surface area contributed by atoms with E-state index in [1.807, 2.05) is 41.8 Å². The zero-order valence-electron chi connectivity index (χ0n) is 12.6. The van der Waals surface area contributed by atoms with Gasteiger partial charge in [-0.2, -0.15) is 9.50 Å². The Hall–Kier alpha value is -3.13. The molecule has 3 aromatic heterocycles. The van der Waals surface area contributed by atoms with Gasteiger partial charge in [0, 0.05) is 17.4 Å². The van der Waals surface area contributed by atoms with E-state index in [9.17, 15) is 4.79 Å². The van der Waals surface area contributed by atoms with Crippen molar-refractivity contribution in [2.75, 3.05) is 11.1 Å².